The van der Waals surface area contributed by atoms with Gasteiger partial charge in [0.2, 0.25) is 0 Å². The lowest BCUT2D eigenvalue weighted by atomic mass is 11.0. The molecule has 52 valence electrons. The van der Waals surface area contributed by atoms with Crippen molar-refractivity contribution in [2.75, 3.05) is 0 Å². The van der Waals surface area contributed by atoms with Gasteiger partial charge < -0.3 is 0 Å². The highest BCUT2D eigenvalue weighted by Crippen LogP contribution is 2.95. The van der Waals surface area contributed by atoms with Gasteiger partial charge in [0.1, 0.15) is 0 Å². The van der Waals surface area contributed by atoms with Crippen molar-refractivity contribution in [1.82, 2.24) is 9.49 Å². The molecule has 0 spiro atoms. The van der Waals surface area contributed by atoms with Crippen molar-refractivity contribution in [3.63, 3.8) is 0 Å². The molecule has 10 heavy (non-hydrogen) atoms. The average Bonchev–Trinajstić information content (AvgIpc) is 2.59. The summed E-state index contributed by atoms with van der Waals surface area (Å²) in [5.41, 5.74) is 0. The Morgan fingerprint density at radius 1 is 1.10 bits per heavy atom. The first-order valence-electron chi connectivity index (χ1n) is 2.54. The van der Waals surface area contributed by atoms with Crippen LogP contribution in [0.25, 0.3) is 0 Å². The maximum atomic E-state index is 4.37. The third-order valence-electron chi connectivity index (χ3n) is 0.914. The molecule has 0 aliphatic carbocycles. The first kappa shape index (κ1) is 8.14. The Kier molecular flexibility index (Phi) is 3.23. The van der Waals surface area contributed by atoms with Gasteiger partial charge in [-0.05, 0) is 31.0 Å². The predicted molar refractivity (Wildman–Crippen MR) is 57.5 cm³/mol. The van der Waals surface area contributed by atoms with Crippen LogP contribution in [0.2, 0.25) is 0 Å². The van der Waals surface area contributed by atoms with Gasteiger partial charge in [0.25, 0.3) is 0 Å². The van der Waals surface area contributed by atoms with Gasteiger partial charge >= 0.3 is 0 Å². The Labute approximate surface area is 67.8 Å². The second kappa shape index (κ2) is 3.97. The van der Waals surface area contributed by atoms with E-state index in [2.05, 4.69) is 9.49 Å². The molecule has 2 heterocycles. The number of hydrogen-bond donors (Lipinski definition) is 0. The molecule has 0 bridgehead atoms. The second-order valence-corrected chi connectivity index (χ2v) is 22.1. The minimum atomic E-state index is -0.232. The van der Waals surface area contributed by atoms with Crippen LogP contribution in [0.4, 0.5) is 0 Å². The van der Waals surface area contributed by atoms with E-state index in [1.807, 2.05) is 12.4 Å². The zero-order chi connectivity index (χ0) is 6.81. The van der Waals surface area contributed by atoms with Crippen molar-refractivity contribution in [3.8, 4) is 0 Å². The van der Waals surface area contributed by atoms with E-state index in [1.165, 1.54) is 15.9 Å². The maximum absolute atomic E-state index is 4.37. The van der Waals surface area contributed by atoms with Crippen LogP contribution in [0.1, 0.15) is 0 Å². The lowest BCUT2D eigenvalue weighted by Crippen LogP contribution is -1.46. The van der Waals surface area contributed by atoms with Crippen LogP contribution in [0.5, 0.6) is 0 Å². The fourth-order valence-electron chi connectivity index (χ4n) is 0.544. The molecule has 2 rings (SSSR count). The van der Waals surface area contributed by atoms with Crippen LogP contribution in [-0.2, 0) is 0 Å². The summed E-state index contributed by atoms with van der Waals surface area (Å²) < 4.78 is 8.74. The van der Waals surface area contributed by atoms with Crippen molar-refractivity contribution < 1.29 is 0 Å². The molecule has 0 radical (unpaired) electrons. The van der Waals surface area contributed by atoms with Crippen LogP contribution in [0.15, 0.2) is 12.4 Å². The van der Waals surface area contributed by atoms with Gasteiger partial charge in [-0.25, -0.2) is 9.49 Å². The standard InChI is InChI=1S/C2H4N2P6/c1-2-4-9(3-1)10-7-5-6-8-10/h1-2,7-8H. The molecular formula is C2H4N2P6. The van der Waals surface area contributed by atoms with E-state index in [4.69, 9.17) is 0 Å². The highest BCUT2D eigenvalue weighted by atomic mass is 33.0. The first-order chi connectivity index (χ1) is 4.97. The van der Waals surface area contributed by atoms with E-state index in [0.717, 1.165) is 0 Å². The monoisotopic (exact) mass is 242 g/mol. The molecule has 0 N–H and O–H groups in total. The summed E-state index contributed by atoms with van der Waals surface area (Å²) in [4.78, 5) is 0. The van der Waals surface area contributed by atoms with Gasteiger partial charge in [0.15, 0.2) is 0 Å². The van der Waals surface area contributed by atoms with E-state index in [9.17, 15) is 0 Å². The molecule has 1 aromatic heterocycles. The van der Waals surface area contributed by atoms with Crippen LogP contribution >= 0.6 is 45.6 Å². The predicted octanol–water partition coefficient (Wildman–Crippen LogP) is 4.55. The van der Waals surface area contributed by atoms with Gasteiger partial charge in [0, 0.05) is 6.99 Å². The average molecular weight is 242 g/mol. The van der Waals surface area contributed by atoms with Crippen LogP contribution < -0.4 is 0 Å². The summed E-state index contributed by atoms with van der Waals surface area (Å²) in [7, 11) is 5.42. The maximum Gasteiger partial charge on any atom is 0.0986 e. The summed E-state index contributed by atoms with van der Waals surface area (Å²) in [5.74, 6) is 0. The van der Waals surface area contributed by atoms with Crippen molar-refractivity contribution in [2.24, 2.45) is 0 Å². The van der Waals surface area contributed by atoms with E-state index < -0.39 is 0 Å². The fourth-order valence-corrected chi connectivity index (χ4v) is 47.1. The van der Waals surface area contributed by atoms with Gasteiger partial charge in [0.05, 0.1) is 19.9 Å². The van der Waals surface area contributed by atoms with Gasteiger partial charge in [-0.2, -0.15) is 0 Å². The molecule has 8 heteroatoms. The topological polar surface area (TPSA) is 25.8 Å². The zero-order valence-corrected chi connectivity index (χ0v) is 10.4. The molecule has 0 saturated carbocycles. The van der Waals surface area contributed by atoms with Crippen molar-refractivity contribution in [2.45, 2.75) is 0 Å². The quantitative estimate of drug-likeness (QED) is 0.675. The summed E-state index contributed by atoms with van der Waals surface area (Å²) >= 11 is 0. The largest absolute Gasteiger partial charge is 0.220 e. The molecule has 2 nitrogen and oxygen atoms in total. The first-order valence-corrected chi connectivity index (χ1v) is 13.7. The van der Waals surface area contributed by atoms with Crippen molar-refractivity contribution in [1.29, 1.82) is 0 Å². The minimum absolute atomic E-state index is 0.232. The molecule has 1 aliphatic heterocycles. The molecule has 0 fully saturated rings. The summed E-state index contributed by atoms with van der Waals surface area (Å²) in [5, 5.41) is 0. The van der Waals surface area contributed by atoms with E-state index in [0.29, 0.717) is 0 Å². The highest BCUT2D eigenvalue weighted by molar-refractivity contribution is 8.98. The SMILES string of the molecule is c1cnp(P2PP=PP2)n1. The fraction of sp³-hybridized carbons (Fsp3) is 0. The third-order valence-corrected chi connectivity index (χ3v) is 33.2. The van der Waals surface area contributed by atoms with Crippen molar-refractivity contribution in [3.05, 3.63) is 12.4 Å². The second-order valence-electron chi connectivity index (χ2n) is 1.51. The van der Waals surface area contributed by atoms with E-state index in [-0.39, 0.29) is 14.5 Å². The number of hydrogen-bond acceptors (Lipinski definition) is 2. The van der Waals surface area contributed by atoms with Gasteiger partial charge in [-0.15, -0.1) is 0 Å². The Bertz CT molecular complexity index is 222. The zero-order valence-electron chi connectivity index (χ0n) is 4.84. The molecule has 1 aromatic rings. The molecule has 0 aromatic carbocycles. The lowest BCUT2D eigenvalue weighted by molar-refractivity contribution is 1.53. The van der Waals surface area contributed by atoms with Gasteiger partial charge in [-0.1, -0.05) is 0 Å². The Hall–Kier alpha value is 1.53. The number of aromatic nitrogens is 2. The van der Waals surface area contributed by atoms with Crippen LogP contribution in [-0.4, -0.2) is 9.49 Å². The van der Waals surface area contributed by atoms with E-state index in [1.54, 1.807) is 15.1 Å². The van der Waals surface area contributed by atoms with E-state index >= 15 is 0 Å². The normalized spacial score (nSPS) is 31.8. The summed E-state index contributed by atoms with van der Waals surface area (Å²) in [6.45, 7) is 0.254. The molecular weight excluding hydrogens is 238 g/mol. The molecule has 0 saturated heterocycles. The molecule has 2 unspecified atom stereocenters. The number of nitrogens with zero attached hydrogens (tertiary/aromatic N) is 2. The summed E-state index contributed by atoms with van der Waals surface area (Å²) in [6.07, 6.45) is 3.74. The third kappa shape index (κ3) is 1.82. The smallest absolute Gasteiger partial charge is 0.0986 e. The number of rotatable bonds is 1. The lowest BCUT2D eigenvalue weighted by Gasteiger charge is -2.00. The molecule has 1 aliphatic rings. The van der Waals surface area contributed by atoms with Gasteiger partial charge in [-0.3, -0.25) is 0 Å². The molecule has 2 atom stereocenters. The highest BCUT2D eigenvalue weighted by Gasteiger charge is 2.15. The Balaban J connectivity index is 2.14. The van der Waals surface area contributed by atoms with Crippen LogP contribution in [0, 0.1) is 0 Å². The Morgan fingerprint density at radius 3 is 2.30 bits per heavy atom. The summed E-state index contributed by atoms with van der Waals surface area (Å²) in [6, 6.07) is 0. The minimum Gasteiger partial charge on any atom is -0.220 e. The Morgan fingerprint density at radius 2 is 1.70 bits per heavy atom. The van der Waals surface area contributed by atoms with Crippen LogP contribution in [0.3, 0.4) is 0 Å². The molecule has 0 amide bonds. The van der Waals surface area contributed by atoms with Crippen molar-refractivity contribution >= 4 is 45.6 Å².